The van der Waals surface area contributed by atoms with Gasteiger partial charge in [-0.3, -0.25) is 4.90 Å². The zero-order chi connectivity index (χ0) is 12.7. The first kappa shape index (κ1) is 12.2. The lowest BCUT2D eigenvalue weighted by molar-refractivity contribution is -0.0351. The zero-order valence-corrected chi connectivity index (χ0v) is 11.3. The van der Waals surface area contributed by atoms with E-state index in [-0.39, 0.29) is 6.10 Å². The van der Waals surface area contributed by atoms with Crippen molar-refractivity contribution in [3.05, 3.63) is 18.2 Å². The second-order valence-corrected chi connectivity index (χ2v) is 6.12. The van der Waals surface area contributed by atoms with Crippen molar-refractivity contribution in [2.75, 3.05) is 6.54 Å². The van der Waals surface area contributed by atoms with E-state index < -0.39 is 0 Å². The largest absolute Gasteiger partial charge is 0.391 e. The van der Waals surface area contributed by atoms with Crippen LogP contribution in [0.1, 0.15) is 32.5 Å². The van der Waals surface area contributed by atoms with Gasteiger partial charge in [-0.1, -0.05) is 13.8 Å². The predicted molar refractivity (Wildman–Crippen MR) is 70.0 cm³/mol. The van der Waals surface area contributed by atoms with Crippen molar-refractivity contribution < 1.29 is 5.11 Å². The quantitative estimate of drug-likeness (QED) is 0.820. The van der Waals surface area contributed by atoms with Crippen molar-refractivity contribution in [1.29, 1.82) is 0 Å². The molecule has 0 radical (unpaired) electrons. The summed E-state index contributed by atoms with van der Waals surface area (Å²) in [5, 5.41) is 10.4. The van der Waals surface area contributed by atoms with E-state index in [4.69, 9.17) is 0 Å². The van der Waals surface area contributed by atoms with Gasteiger partial charge in [0.2, 0.25) is 0 Å². The normalized spacial score (nSPS) is 37.5. The Kier molecular flexibility index (Phi) is 3.16. The zero-order valence-electron chi connectivity index (χ0n) is 11.3. The summed E-state index contributed by atoms with van der Waals surface area (Å²) in [5.41, 5.74) is 0. The number of nitrogens with zero attached hydrogens (tertiary/aromatic N) is 3. The second-order valence-electron chi connectivity index (χ2n) is 6.12. The standard InChI is InChI=1S/C14H23N3O/c1-10-7-11(2)14(12(18)8-10)17-6-5-16-4-3-15-13(16)9-17/h3-4,10-12,14,18H,5-9H2,1-2H3. The molecular formula is C14H23N3O. The number of hydrogen-bond acceptors (Lipinski definition) is 3. The lowest BCUT2D eigenvalue weighted by Gasteiger charge is -2.44. The molecule has 0 bridgehead atoms. The van der Waals surface area contributed by atoms with Crippen LogP contribution in [0.3, 0.4) is 0 Å². The van der Waals surface area contributed by atoms with E-state index in [1.807, 2.05) is 6.20 Å². The van der Waals surface area contributed by atoms with Crippen molar-refractivity contribution in [3.8, 4) is 0 Å². The minimum absolute atomic E-state index is 0.176. The van der Waals surface area contributed by atoms with Gasteiger partial charge in [0.1, 0.15) is 5.82 Å². The summed E-state index contributed by atoms with van der Waals surface area (Å²) in [4.78, 5) is 6.84. The molecule has 0 saturated heterocycles. The van der Waals surface area contributed by atoms with Crippen molar-refractivity contribution >= 4 is 0 Å². The van der Waals surface area contributed by atoms with Crippen LogP contribution >= 0.6 is 0 Å². The van der Waals surface area contributed by atoms with Crippen LogP contribution in [0.2, 0.25) is 0 Å². The average molecular weight is 249 g/mol. The Morgan fingerprint density at radius 3 is 2.89 bits per heavy atom. The molecule has 18 heavy (non-hydrogen) atoms. The molecule has 2 aliphatic rings. The molecule has 0 amide bonds. The van der Waals surface area contributed by atoms with Crippen molar-refractivity contribution in [3.63, 3.8) is 0 Å². The van der Waals surface area contributed by atoms with E-state index in [0.29, 0.717) is 17.9 Å². The molecule has 1 fully saturated rings. The average Bonchev–Trinajstić information content (AvgIpc) is 2.74. The first-order chi connectivity index (χ1) is 8.65. The molecule has 3 rings (SSSR count). The van der Waals surface area contributed by atoms with Crippen LogP contribution in [0.15, 0.2) is 12.4 Å². The van der Waals surface area contributed by atoms with E-state index in [1.165, 1.54) is 6.42 Å². The maximum Gasteiger partial charge on any atom is 0.122 e. The Morgan fingerprint density at radius 1 is 1.28 bits per heavy atom. The molecule has 0 aromatic carbocycles. The number of imidazole rings is 1. The van der Waals surface area contributed by atoms with E-state index in [9.17, 15) is 5.11 Å². The van der Waals surface area contributed by atoms with E-state index in [0.717, 1.165) is 31.9 Å². The van der Waals surface area contributed by atoms with Crippen LogP contribution in [-0.2, 0) is 13.1 Å². The topological polar surface area (TPSA) is 41.3 Å². The van der Waals surface area contributed by atoms with Crippen LogP contribution < -0.4 is 0 Å². The molecule has 100 valence electrons. The van der Waals surface area contributed by atoms with Crippen LogP contribution in [0.25, 0.3) is 0 Å². The summed E-state index contributed by atoms with van der Waals surface area (Å²) in [7, 11) is 0. The van der Waals surface area contributed by atoms with Gasteiger partial charge >= 0.3 is 0 Å². The molecule has 4 atom stereocenters. The predicted octanol–water partition coefficient (Wildman–Crippen LogP) is 1.49. The Morgan fingerprint density at radius 2 is 2.11 bits per heavy atom. The summed E-state index contributed by atoms with van der Waals surface area (Å²) < 4.78 is 2.22. The highest BCUT2D eigenvalue weighted by Crippen LogP contribution is 2.33. The fourth-order valence-corrected chi connectivity index (χ4v) is 3.85. The molecule has 1 N–H and O–H groups in total. The number of aliphatic hydroxyl groups is 1. The number of rotatable bonds is 1. The molecular weight excluding hydrogens is 226 g/mol. The third kappa shape index (κ3) is 2.08. The number of fused-ring (bicyclic) bond motifs is 1. The number of aromatic nitrogens is 2. The lowest BCUT2D eigenvalue weighted by atomic mass is 9.77. The molecule has 1 aromatic rings. The van der Waals surface area contributed by atoms with Gasteiger partial charge in [0.15, 0.2) is 0 Å². The number of aliphatic hydroxyl groups excluding tert-OH is 1. The van der Waals surface area contributed by atoms with E-state index in [2.05, 4.69) is 34.5 Å². The lowest BCUT2D eigenvalue weighted by Crippen LogP contribution is -2.53. The molecule has 2 heterocycles. The smallest absolute Gasteiger partial charge is 0.122 e. The highest BCUT2D eigenvalue weighted by Gasteiger charge is 2.37. The summed E-state index contributed by atoms with van der Waals surface area (Å²) in [6.45, 7) is 7.45. The Bertz CT molecular complexity index is 405. The van der Waals surface area contributed by atoms with Gasteiger partial charge in [0.05, 0.1) is 12.6 Å². The molecule has 4 unspecified atom stereocenters. The third-order valence-electron chi connectivity index (χ3n) is 4.59. The SMILES string of the molecule is CC1CC(C)C(N2CCn3ccnc3C2)C(O)C1. The summed E-state index contributed by atoms with van der Waals surface area (Å²) in [6.07, 6.45) is 5.93. The molecule has 4 heteroatoms. The highest BCUT2D eigenvalue weighted by atomic mass is 16.3. The fourth-order valence-electron chi connectivity index (χ4n) is 3.85. The van der Waals surface area contributed by atoms with Gasteiger partial charge in [-0.2, -0.15) is 0 Å². The fraction of sp³-hybridized carbons (Fsp3) is 0.786. The van der Waals surface area contributed by atoms with Crippen LogP contribution in [-0.4, -0.2) is 38.2 Å². The first-order valence-electron chi connectivity index (χ1n) is 7.07. The van der Waals surface area contributed by atoms with Gasteiger partial charge in [-0.15, -0.1) is 0 Å². The summed E-state index contributed by atoms with van der Waals surface area (Å²) in [6, 6.07) is 0.312. The Hall–Kier alpha value is -0.870. The summed E-state index contributed by atoms with van der Waals surface area (Å²) >= 11 is 0. The van der Waals surface area contributed by atoms with Crippen LogP contribution in [0.4, 0.5) is 0 Å². The van der Waals surface area contributed by atoms with Gasteiger partial charge in [0, 0.05) is 31.5 Å². The molecule has 1 aromatic heterocycles. The molecule has 1 saturated carbocycles. The molecule has 0 spiro atoms. The molecule has 1 aliphatic heterocycles. The maximum atomic E-state index is 10.4. The van der Waals surface area contributed by atoms with Crippen molar-refractivity contribution in [1.82, 2.24) is 14.5 Å². The monoisotopic (exact) mass is 249 g/mol. The second kappa shape index (κ2) is 4.67. The number of hydrogen-bond donors (Lipinski definition) is 1. The van der Waals surface area contributed by atoms with Gasteiger partial charge in [0.25, 0.3) is 0 Å². The molecule has 1 aliphatic carbocycles. The highest BCUT2D eigenvalue weighted by molar-refractivity contribution is 4.99. The van der Waals surface area contributed by atoms with Gasteiger partial charge in [-0.05, 0) is 24.7 Å². The Balaban J connectivity index is 1.75. The van der Waals surface area contributed by atoms with Crippen molar-refractivity contribution in [2.45, 2.75) is 51.9 Å². The van der Waals surface area contributed by atoms with Crippen LogP contribution in [0.5, 0.6) is 0 Å². The van der Waals surface area contributed by atoms with E-state index in [1.54, 1.807) is 0 Å². The van der Waals surface area contributed by atoms with Gasteiger partial charge < -0.3 is 9.67 Å². The van der Waals surface area contributed by atoms with Crippen LogP contribution in [0, 0.1) is 11.8 Å². The Labute approximate surface area is 109 Å². The first-order valence-corrected chi connectivity index (χ1v) is 7.07. The minimum Gasteiger partial charge on any atom is -0.391 e. The van der Waals surface area contributed by atoms with Gasteiger partial charge in [-0.25, -0.2) is 4.98 Å². The van der Waals surface area contributed by atoms with Crippen molar-refractivity contribution in [2.24, 2.45) is 11.8 Å². The molecule has 4 nitrogen and oxygen atoms in total. The third-order valence-corrected chi connectivity index (χ3v) is 4.59. The minimum atomic E-state index is -0.176. The van der Waals surface area contributed by atoms with E-state index >= 15 is 0 Å². The maximum absolute atomic E-state index is 10.4. The summed E-state index contributed by atoms with van der Waals surface area (Å²) in [5.74, 6) is 2.36.